The van der Waals surface area contributed by atoms with Crippen molar-refractivity contribution in [1.82, 2.24) is 4.90 Å². The lowest BCUT2D eigenvalue weighted by Gasteiger charge is -2.26. The van der Waals surface area contributed by atoms with Gasteiger partial charge in [-0.25, -0.2) is 0 Å². The monoisotopic (exact) mass is 260 g/mol. The van der Waals surface area contributed by atoms with Gasteiger partial charge in [0.05, 0.1) is 6.10 Å². The van der Waals surface area contributed by atoms with Gasteiger partial charge in [-0.3, -0.25) is 4.90 Å². The highest BCUT2D eigenvalue weighted by Gasteiger charge is 2.30. The Balaban J connectivity index is 1.84. The molecule has 1 saturated heterocycles. The Bertz CT molecular complexity index is 460. The quantitative estimate of drug-likeness (QED) is 0.887. The molecule has 2 aliphatic heterocycles. The summed E-state index contributed by atoms with van der Waals surface area (Å²) >= 11 is 0. The maximum Gasteiger partial charge on any atom is 0.123 e. The van der Waals surface area contributed by atoms with Crippen LogP contribution in [0.25, 0.3) is 0 Å². The average Bonchev–Trinajstić information content (AvgIpc) is 2.79. The summed E-state index contributed by atoms with van der Waals surface area (Å²) < 4.78 is 5.98. The maximum absolute atomic E-state index is 5.98. The molecule has 1 fully saturated rings. The SMILES string of the molecule is CC1CCc2ccc(C3CC(CN)CN3C)cc2O1. The zero-order valence-electron chi connectivity index (χ0n) is 11.9. The van der Waals surface area contributed by atoms with E-state index in [4.69, 9.17) is 10.5 Å². The van der Waals surface area contributed by atoms with Crippen molar-refractivity contribution >= 4 is 0 Å². The van der Waals surface area contributed by atoms with Crippen LogP contribution in [0.2, 0.25) is 0 Å². The Morgan fingerprint density at radius 1 is 1.42 bits per heavy atom. The molecular formula is C16H24N2O. The Kier molecular flexibility index (Phi) is 3.50. The Hall–Kier alpha value is -1.06. The van der Waals surface area contributed by atoms with Crippen molar-refractivity contribution in [3.8, 4) is 5.75 Å². The van der Waals surface area contributed by atoms with Gasteiger partial charge < -0.3 is 10.5 Å². The normalized spacial score (nSPS) is 31.0. The van der Waals surface area contributed by atoms with Crippen molar-refractivity contribution in [3.63, 3.8) is 0 Å². The molecule has 0 amide bonds. The second-order valence-electron chi connectivity index (χ2n) is 6.13. The van der Waals surface area contributed by atoms with Crippen molar-refractivity contribution in [2.24, 2.45) is 11.7 Å². The minimum atomic E-state index is 0.348. The van der Waals surface area contributed by atoms with E-state index in [0.29, 0.717) is 18.1 Å². The molecule has 0 aromatic heterocycles. The van der Waals surface area contributed by atoms with Gasteiger partial charge >= 0.3 is 0 Å². The molecule has 0 saturated carbocycles. The predicted octanol–water partition coefficient (Wildman–Crippen LogP) is 2.35. The van der Waals surface area contributed by atoms with Gasteiger partial charge in [-0.2, -0.15) is 0 Å². The second kappa shape index (κ2) is 5.14. The first-order valence-corrected chi connectivity index (χ1v) is 7.37. The van der Waals surface area contributed by atoms with Gasteiger partial charge in [-0.1, -0.05) is 12.1 Å². The number of ether oxygens (including phenoxy) is 1. The molecule has 2 N–H and O–H groups in total. The Morgan fingerprint density at radius 2 is 2.26 bits per heavy atom. The first kappa shape index (κ1) is 12.9. The fraction of sp³-hybridized carbons (Fsp3) is 0.625. The number of nitrogens with two attached hydrogens (primary N) is 1. The summed E-state index contributed by atoms with van der Waals surface area (Å²) in [7, 11) is 2.20. The number of hydrogen-bond donors (Lipinski definition) is 1. The van der Waals surface area contributed by atoms with Crippen molar-refractivity contribution in [2.45, 2.75) is 38.3 Å². The third-order valence-electron chi connectivity index (χ3n) is 4.59. The fourth-order valence-corrected chi connectivity index (χ4v) is 3.40. The van der Waals surface area contributed by atoms with Gasteiger partial charge in [-0.15, -0.1) is 0 Å². The predicted molar refractivity (Wildman–Crippen MR) is 77.4 cm³/mol. The molecule has 3 nitrogen and oxygen atoms in total. The third-order valence-corrected chi connectivity index (χ3v) is 4.59. The molecular weight excluding hydrogens is 236 g/mol. The van der Waals surface area contributed by atoms with E-state index in [-0.39, 0.29) is 0 Å². The summed E-state index contributed by atoms with van der Waals surface area (Å²) in [4.78, 5) is 2.42. The van der Waals surface area contributed by atoms with Gasteiger partial charge in [-0.05, 0) is 62.9 Å². The van der Waals surface area contributed by atoms with E-state index < -0.39 is 0 Å². The van der Waals surface area contributed by atoms with Crippen LogP contribution in [0, 0.1) is 5.92 Å². The maximum atomic E-state index is 5.98. The number of benzene rings is 1. The molecule has 3 rings (SSSR count). The number of nitrogens with zero attached hydrogens (tertiary/aromatic N) is 1. The van der Waals surface area contributed by atoms with Crippen LogP contribution in [0.3, 0.4) is 0 Å². The highest BCUT2D eigenvalue weighted by Crippen LogP contribution is 2.37. The lowest BCUT2D eigenvalue weighted by molar-refractivity contribution is 0.191. The highest BCUT2D eigenvalue weighted by molar-refractivity contribution is 5.40. The molecule has 3 unspecified atom stereocenters. The van der Waals surface area contributed by atoms with Crippen LogP contribution < -0.4 is 10.5 Å². The standard InChI is InChI=1S/C16H24N2O/c1-11-3-4-13-5-6-14(8-16(13)19-11)15-7-12(9-17)10-18(15)2/h5-6,8,11-12,15H,3-4,7,9-10,17H2,1-2H3. The zero-order chi connectivity index (χ0) is 13.4. The van der Waals surface area contributed by atoms with E-state index in [2.05, 4.69) is 37.1 Å². The van der Waals surface area contributed by atoms with Crippen molar-refractivity contribution in [2.75, 3.05) is 20.1 Å². The molecule has 0 radical (unpaired) electrons. The molecule has 104 valence electrons. The van der Waals surface area contributed by atoms with Crippen molar-refractivity contribution in [3.05, 3.63) is 29.3 Å². The summed E-state index contributed by atoms with van der Waals surface area (Å²) in [6.45, 7) is 4.05. The average molecular weight is 260 g/mol. The molecule has 19 heavy (non-hydrogen) atoms. The molecule has 1 aromatic carbocycles. The first-order valence-electron chi connectivity index (χ1n) is 7.37. The molecule has 2 aliphatic rings. The molecule has 0 spiro atoms. The highest BCUT2D eigenvalue weighted by atomic mass is 16.5. The van der Waals surface area contributed by atoms with E-state index in [0.717, 1.165) is 31.7 Å². The molecule has 0 aliphatic carbocycles. The Morgan fingerprint density at radius 3 is 3.00 bits per heavy atom. The van der Waals surface area contributed by atoms with E-state index in [9.17, 15) is 0 Å². The number of likely N-dealkylation sites (tertiary alicyclic amines) is 1. The van der Waals surface area contributed by atoms with Crippen LogP contribution in [0.4, 0.5) is 0 Å². The lowest BCUT2D eigenvalue weighted by Crippen LogP contribution is -2.21. The summed E-state index contributed by atoms with van der Waals surface area (Å²) in [5.74, 6) is 1.73. The minimum Gasteiger partial charge on any atom is -0.490 e. The molecule has 1 aromatic rings. The van der Waals surface area contributed by atoms with E-state index in [1.54, 1.807) is 0 Å². The molecule has 2 heterocycles. The van der Waals surface area contributed by atoms with Crippen LogP contribution in [0.15, 0.2) is 18.2 Å². The van der Waals surface area contributed by atoms with Crippen LogP contribution >= 0.6 is 0 Å². The van der Waals surface area contributed by atoms with Gasteiger partial charge in [0.25, 0.3) is 0 Å². The summed E-state index contributed by atoms with van der Waals surface area (Å²) in [6.07, 6.45) is 3.79. The summed E-state index contributed by atoms with van der Waals surface area (Å²) in [5.41, 5.74) is 8.55. The largest absolute Gasteiger partial charge is 0.490 e. The van der Waals surface area contributed by atoms with Gasteiger partial charge in [0.2, 0.25) is 0 Å². The number of aryl methyl sites for hydroxylation is 1. The third kappa shape index (κ3) is 2.49. The van der Waals surface area contributed by atoms with Gasteiger partial charge in [0, 0.05) is 12.6 Å². The summed E-state index contributed by atoms with van der Waals surface area (Å²) in [6, 6.07) is 7.28. The number of fused-ring (bicyclic) bond motifs is 1. The minimum absolute atomic E-state index is 0.348. The zero-order valence-corrected chi connectivity index (χ0v) is 11.9. The van der Waals surface area contributed by atoms with Crippen LogP contribution in [-0.2, 0) is 6.42 Å². The van der Waals surface area contributed by atoms with Crippen LogP contribution in [-0.4, -0.2) is 31.1 Å². The fourth-order valence-electron chi connectivity index (χ4n) is 3.40. The Labute approximate surface area is 115 Å². The van der Waals surface area contributed by atoms with Crippen LogP contribution in [0.5, 0.6) is 5.75 Å². The number of rotatable bonds is 2. The summed E-state index contributed by atoms with van der Waals surface area (Å²) in [5, 5.41) is 0. The van der Waals surface area contributed by atoms with Gasteiger partial charge in [0.15, 0.2) is 0 Å². The van der Waals surface area contributed by atoms with Crippen molar-refractivity contribution < 1.29 is 4.74 Å². The first-order chi connectivity index (χ1) is 9.17. The van der Waals surface area contributed by atoms with Crippen LogP contribution in [0.1, 0.15) is 36.9 Å². The molecule has 3 heteroatoms. The lowest BCUT2D eigenvalue weighted by atomic mass is 9.96. The van der Waals surface area contributed by atoms with E-state index in [1.165, 1.54) is 17.5 Å². The molecule has 3 atom stereocenters. The van der Waals surface area contributed by atoms with Gasteiger partial charge in [0.1, 0.15) is 5.75 Å². The smallest absolute Gasteiger partial charge is 0.123 e. The molecule has 0 bridgehead atoms. The van der Waals surface area contributed by atoms with E-state index >= 15 is 0 Å². The van der Waals surface area contributed by atoms with Crippen molar-refractivity contribution in [1.29, 1.82) is 0 Å². The second-order valence-corrected chi connectivity index (χ2v) is 6.13. The topological polar surface area (TPSA) is 38.5 Å². The number of hydrogen-bond acceptors (Lipinski definition) is 3. The van der Waals surface area contributed by atoms with E-state index in [1.807, 2.05) is 0 Å².